The minimum Gasteiger partial charge on any atom is -0.286 e. The third-order valence-electron chi connectivity index (χ3n) is 5.99. The summed E-state index contributed by atoms with van der Waals surface area (Å²) >= 11 is 12.0. The highest BCUT2D eigenvalue weighted by atomic mass is 79.9. The standard InChI is InChI=1S/C14H12Br4O4/c15-8(19)12-2-6-1-7(4-12)5-13(3-6,9(16)20)14(12,10(17)21)11(18)22/h6-7H,1-5H2. The summed E-state index contributed by atoms with van der Waals surface area (Å²) in [5, 5.41) is 0. The fourth-order valence-corrected chi connectivity index (χ4v) is 8.99. The van der Waals surface area contributed by atoms with Crippen molar-refractivity contribution < 1.29 is 19.2 Å². The molecule has 4 fully saturated rings. The minimum absolute atomic E-state index is 0.183. The predicted octanol–water partition coefficient (Wildman–Crippen LogP) is 3.86. The molecule has 0 aromatic heterocycles. The number of carbonyl (C=O) groups excluding carboxylic acids is 4. The molecule has 0 amide bonds. The molecule has 0 N–H and O–H groups in total. The zero-order chi connectivity index (χ0) is 16.5. The van der Waals surface area contributed by atoms with Crippen LogP contribution in [0.25, 0.3) is 0 Å². The van der Waals surface area contributed by atoms with Crippen molar-refractivity contribution in [3.63, 3.8) is 0 Å². The van der Waals surface area contributed by atoms with Crippen LogP contribution in [0.2, 0.25) is 0 Å². The summed E-state index contributed by atoms with van der Waals surface area (Å²) in [6.45, 7) is 0. The number of hydrogen-bond donors (Lipinski definition) is 0. The Labute approximate surface area is 161 Å². The molecule has 4 nitrogen and oxygen atoms in total. The molecule has 0 atom stereocenters. The van der Waals surface area contributed by atoms with Gasteiger partial charge in [-0.1, -0.05) is 0 Å². The van der Waals surface area contributed by atoms with Gasteiger partial charge < -0.3 is 0 Å². The molecular weight excluding hydrogens is 552 g/mol. The van der Waals surface area contributed by atoms with Gasteiger partial charge in [0.15, 0.2) is 0 Å². The SMILES string of the molecule is O=C(Br)C12CC3CC(C1)CC(C(=O)Br)(C3)C2(C(=O)Br)C(=O)Br. The van der Waals surface area contributed by atoms with E-state index < -0.39 is 25.6 Å². The van der Waals surface area contributed by atoms with E-state index in [0.717, 1.165) is 6.42 Å². The van der Waals surface area contributed by atoms with Crippen molar-refractivity contribution in [3.05, 3.63) is 0 Å². The average Bonchev–Trinajstić information content (AvgIpc) is 2.36. The fraction of sp³-hybridized carbons (Fsp3) is 0.714. The van der Waals surface area contributed by atoms with E-state index in [2.05, 4.69) is 63.7 Å². The van der Waals surface area contributed by atoms with Gasteiger partial charge in [-0.2, -0.15) is 0 Å². The van der Waals surface area contributed by atoms with Crippen LogP contribution >= 0.6 is 63.7 Å². The highest BCUT2D eigenvalue weighted by molar-refractivity contribution is 9.19. The Balaban J connectivity index is 2.39. The van der Waals surface area contributed by atoms with Gasteiger partial charge in [0.25, 0.3) is 0 Å². The van der Waals surface area contributed by atoms with E-state index >= 15 is 0 Å². The Morgan fingerprint density at radius 2 is 0.955 bits per heavy atom. The monoisotopic (exact) mass is 560 g/mol. The van der Waals surface area contributed by atoms with Crippen LogP contribution in [0.15, 0.2) is 0 Å². The zero-order valence-corrected chi connectivity index (χ0v) is 17.7. The number of halogens is 4. The summed E-state index contributed by atoms with van der Waals surface area (Å²) in [6, 6.07) is 0. The summed E-state index contributed by atoms with van der Waals surface area (Å²) in [6.07, 6.45) is 2.80. The lowest BCUT2D eigenvalue weighted by Gasteiger charge is -2.67. The van der Waals surface area contributed by atoms with Gasteiger partial charge in [0.1, 0.15) is 5.41 Å². The molecule has 0 aromatic carbocycles. The first-order chi connectivity index (χ1) is 10.1. The Morgan fingerprint density at radius 1 is 0.636 bits per heavy atom. The van der Waals surface area contributed by atoms with Crippen LogP contribution in [0.5, 0.6) is 0 Å². The van der Waals surface area contributed by atoms with E-state index in [4.69, 9.17) is 0 Å². The molecule has 4 aliphatic rings. The second-order valence-corrected chi connectivity index (χ2v) is 9.67. The summed E-state index contributed by atoms with van der Waals surface area (Å²) in [5.41, 5.74) is -4.03. The van der Waals surface area contributed by atoms with Crippen molar-refractivity contribution >= 4 is 82.5 Å². The van der Waals surface area contributed by atoms with Crippen molar-refractivity contribution in [2.75, 3.05) is 0 Å². The van der Waals surface area contributed by atoms with E-state index in [0.29, 0.717) is 25.7 Å². The molecule has 120 valence electrons. The van der Waals surface area contributed by atoms with Crippen molar-refractivity contribution in [1.29, 1.82) is 0 Å². The molecule has 0 unspecified atom stereocenters. The van der Waals surface area contributed by atoms with Crippen LogP contribution in [-0.4, -0.2) is 18.8 Å². The summed E-state index contributed by atoms with van der Waals surface area (Å²) in [5.74, 6) is 0.365. The Bertz CT molecular complexity index is 550. The fourth-order valence-electron chi connectivity index (χ4n) is 5.60. The average molecular weight is 564 g/mol. The molecule has 4 saturated carbocycles. The second-order valence-electron chi connectivity index (χ2n) is 6.79. The van der Waals surface area contributed by atoms with Crippen molar-refractivity contribution in [3.8, 4) is 0 Å². The summed E-state index contributed by atoms with van der Waals surface area (Å²) < 4.78 is -1.87. The first kappa shape index (κ1) is 17.4. The highest BCUT2D eigenvalue weighted by Crippen LogP contribution is 2.76. The lowest BCUT2D eigenvalue weighted by molar-refractivity contribution is -0.205. The van der Waals surface area contributed by atoms with Crippen LogP contribution in [0.4, 0.5) is 0 Å². The van der Waals surface area contributed by atoms with E-state index in [9.17, 15) is 19.2 Å². The van der Waals surface area contributed by atoms with Crippen LogP contribution in [-0.2, 0) is 19.2 Å². The van der Waals surface area contributed by atoms with Crippen LogP contribution in [0, 0.1) is 28.1 Å². The number of carbonyl (C=O) groups is 4. The molecule has 22 heavy (non-hydrogen) atoms. The van der Waals surface area contributed by atoms with E-state index in [1.54, 1.807) is 0 Å². The maximum Gasteiger partial charge on any atom is 0.214 e. The Morgan fingerprint density at radius 3 is 1.18 bits per heavy atom. The molecule has 0 aromatic rings. The van der Waals surface area contributed by atoms with E-state index in [1.807, 2.05) is 0 Å². The van der Waals surface area contributed by atoms with E-state index in [1.165, 1.54) is 0 Å². The molecule has 0 saturated heterocycles. The van der Waals surface area contributed by atoms with Crippen molar-refractivity contribution in [2.24, 2.45) is 28.1 Å². The number of hydrogen-bond acceptors (Lipinski definition) is 4. The van der Waals surface area contributed by atoms with Gasteiger partial charge in [0, 0.05) is 0 Å². The molecule has 0 radical (unpaired) electrons. The minimum atomic E-state index is -1.70. The van der Waals surface area contributed by atoms with Crippen LogP contribution < -0.4 is 0 Å². The van der Waals surface area contributed by atoms with E-state index in [-0.39, 0.29) is 21.2 Å². The molecule has 0 aliphatic heterocycles. The predicted molar refractivity (Wildman–Crippen MR) is 93.1 cm³/mol. The first-order valence-corrected chi connectivity index (χ1v) is 10.1. The Kier molecular flexibility index (Phi) is 4.19. The zero-order valence-electron chi connectivity index (χ0n) is 11.3. The maximum absolute atomic E-state index is 12.6. The molecule has 4 aliphatic carbocycles. The largest absolute Gasteiger partial charge is 0.286 e. The Hall–Kier alpha value is 0.600. The molecule has 8 heteroatoms. The first-order valence-electron chi connectivity index (χ1n) is 6.94. The summed E-state index contributed by atoms with van der Waals surface area (Å²) in [4.78, 5) is 50.3. The molecule has 0 spiro atoms. The van der Waals surface area contributed by atoms with Gasteiger partial charge in [-0.05, 0) is 108 Å². The highest BCUT2D eigenvalue weighted by Gasteiger charge is 2.80. The molecule has 0 heterocycles. The molecule has 4 bridgehead atoms. The van der Waals surface area contributed by atoms with Crippen molar-refractivity contribution in [1.82, 2.24) is 0 Å². The third kappa shape index (κ3) is 1.78. The lowest BCUT2D eigenvalue weighted by atomic mass is 9.34. The van der Waals surface area contributed by atoms with Crippen LogP contribution in [0.1, 0.15) is 32.1 Å². The topological polar surface area (TPSA) is 68.3 Å². The molecular formula is C14H12Br4O4. The quantitative estimate of drug-likeness (QED) is 0.385. The van der Waals surface area contributed by atoms with Gasteiger partial charge in [-0.15, -0.1) is 0 Å². The van der Waals surface area contributed by atoms with Gasteiger partial charge in [0.2, 0.25) is 18.8 Å². The van der Waals surface area contributed by atoms with Crippen molar-refractivity contribution in [2.45, 2.75) is 32.1 Å². The van der Waals surface area contributed by atoms with Gasteiger partial charge in [0.05, 0.1) is 10.8 Å². The normalized spacial score (nSPS) is 41.3. The smallest absolute Gasteiger partial charge is 0.214 e. The van der Waals surface area contributed by atoms with Gasteiger partial charge in [-0.3, -0.25) is 19.2 Å². The summed E-state index contributed by atoms with van der Waals surface area (Å²) in [7, 11) is 0. The second kappa shape index (κ2) is 5.30. The maximum atomic E-state index is 12.6. The van der Waals surface area contributed by atoms with Gasteiger partial charge >= 0.3 is 0 Å². The van der Waals surface area contributed by atoms with Crippen LogP contribution in [0.3, 0.4) is 0 Å². The lowest BCUT2D eigenvalue weighted by Crippen LogP contribution is -2.73. The van der Waals surface area contributed by atoms with Gasteiger partial charge in [-0.25, -0.2) is 0 Å². The number of rotatable bonds is 4. The third-order valence-corrected chi connectivity index (χ3v) is 8.70. The molecule has 4 rings (SSSR count).